The van der Waals surface area contributed by atoms with E-state index in [-0.39, 0.29) is 6.42 Å². The molecule has 2 heterocycles. The first-order chi connectivity index (χ1) is 8.35. The van der Waals surface area contributed by atoms with E-state index in [1.165, 1.54) is 10.8 Å². The molecule has 1 aliphatic rings. The van der Waals surface area contributed by atoms with Gasteiger partial charge in [-0.2, -0.15) is 0 Å². The molecule has 2 atom stereocenters. The number of aryl methyl sites for hydroxylation is 1. The monoisotopic (exact) mass is 256 g/mol. The van der Waals surface area contributed by atoms with E-state index in [4.69, 9.17) is 4.74 Å². The van der Waals surface area contributed by atoms with Gasteiger partial charge in [0.25, 0.3) is 5.56 Å². The fraction of sp³-hybridized carbons (Fsp3) is 0.636. The Morgan fingerprint density at radius 2 is 2.22 bits per heavy atom. The van der Waals surface area contributed by atoms with Crippen molar-refractivity contribution >= 4 is 0 Å². The normalized spacial score (nSPS) is 26.4. The fourth-order valence-electron chi connectivity index (χ4n) is 2.12. The number of aliphatic hydroxyl groups is 2. The van der Waals surface area contributed by atoms with Gasteiger partial charge in [0.15, 0.2) is 5.79 Å². The maximum Gasteiger partial charge on any atom is 0.330 e. The molecule has 0 aromatic carbocycles. The van der Waals surface area contributed by atoms with Crippen molar-refractivity contribution in [2.75, 3.05) is 0 Å². The summed E-state index contributed by atoms with van der Waals surface area (Å²) < 4.78 is 6.60. The highest BCUT2D eigenvalue weighted by Gasteiger charge is 2.46. The number of ether oxygens (including phenoxy) is 1. The number of rotatable bonds is 2. The molecule has 0 saturated carbocycles. The summed E-state index contributed by atoms with van der Waals surface area (Å²) in [5.74, 6) is -1.96. The van der Waals surface area contributed by atoms with Gasteiger partial charge in [0, 0.05) is 18.2 Å². The van der Waals surface area contributed by atoms with E-state index in [2.05, 4.69) is 4.98 Å². The first-order valence-electron chi connectivity index (χ1n) is 5.77. The summed E-state index contributed by atoms with van der Waals surface area (Å²) in [6, 6.07) is 0. The molecule has 100 valence electrons. The highest BCUT2D eigenvalue weighted by molar-refractivity contribution is 5.02. The van der Waals surface area contributed by atoms with Crippen LogP contribution in [0.2, 0.25) is 0 Å². The van der Waals surface area contributed by atoms with Gasteiger partial charge < -0.3 is 14.9 Å². The molecule has 1 saturated heterocycles. The van der Waals surface area contributed by atoms with Crippen LogP contribution in [0.3, 0.4) is 0 Å². The summed E-state index contributed by atoms with van der Waals surface area (Å²) in [6.45, 7) is 3.32. The second kappa shape index (κ2) is 4.34. The van der Waals surface area contributed by atoms with Gasteiger partial charge in [-0.1, -0.05) is 6.92 Å². The molecule has 0 amide bonds. The predicted octanol–water partition coefficient (Wildman–Crippen LogP) is -0.777. The average Bonchev–Trinajstić information content (AvgIpc) is 2.58. The van der Waals surface area contributed by atoms with Crippen molar-refractivity contribution in [1.29, 1.82) is 0 Å². The van der Waals surface area contributed by atoms with Crippen molar-refractivity contribution in [1.82, 2.24) is 9.55 Å². The first-order valence-corrected chi connectivity index (χ1v) is 5.77. The van der Waals surface area contributed by atoms with Crippen LogP contribution in [0.15, 0.2) is 15.8 Å². The molecular weight excluding hydrogens is 240 g/mol. The maximum atomic E-state index is 11.6. The zero-order chi connectivity index (χ0) is 13.5. The Kier molecular flexibility index (Phi) is 3.14. The molecule has 18 heavy (non-hydrogen) atoms. The minimum atomic E-state index is -1.96. The van der Waals surface area contributed by atoms with Crippen molar-refractivity contribution in [2.24, 2.45) is 0 Å². The van der Waals surface area contributed by atoms with Gasteiger partial charge >= 0.3 is 5.69 Å². The lowest BCUT2D eigenvalue weighted by Crippen LogP contribution is -2.37. The van der Waals surface area contributed by atoms with E-state index in [1.54, 1.807) is 13.8 Å². The summed E-state index contributed by atoms with van der Waals surface area (Å²) in [6.07, 6.45) is 0.131. The van der Waals surface area contributed by atoms with Crippen LogP contribution in [0.1, 0.15) is 31.6 Å². The third kappa shape index (κ3) is 2.12. The lowest BCUT2D eigenvalue weighted by atomic mass is 10.1. The highest BCUT2D eigenvalue weighted by Crippen LogP contribution is 2.35. The number of H-pyrrole nitrogens is 1. The second-order valence-electron chi connectivity index (χ2n) is 4.55. The van der Waals surface area contributed by atoms with Crippen LogP contribution in [-0.4, -0.2) is 31.7 Å². The van der Waals surface area contributed by atoms with Crippen molar-refractivity contribution in [3.05, 3.63) is 32.6 Å². The van der Waals surface area contributed by atoms with Crippen LogP contribution >= 0.6 is 0 Å². The van der Waals surface area contributed by atoms with Gasteiger partial charge in [0.2, 0.25) is 0 Å². The molecule has 7 nitrogen and oxygen atoms in total. The van der Waals surface area contributed by atoms with E-state index in [1.807, 2.05) is 0 Å². The van der Waals surface area contributed by atoms with Crippen molar-refractivity contribution < 1.29 is 14.9 Å². The van der Waals surface area contributed by atoms with Gasteiger partial charge in [-0.05, 0) is 13.3 Å². The lowest BCUT2D eigenvalue weighted by Gasteiger charge is -2.19. The third-order valence-corrected chi connectivity index (χ3v) is 3.14. The van der Waals surface area contributed by atoms with Gasteiger partial charge in [-0.15, -0.1) is 0 Å². The van der Waals surface area contributed by atoms with E-state index in [0.717, 1.165) is 0 Å². The Morgan fingerprint density at radius 1 is 1.56 bits per heavy atom. The Labute approximate surface area is 103 Å². The highest BCUT2D eigenvalue weighted by atomic mass is 16.6. The summed E-state index contributed by atoms with van der Waals surface area (Å²) in [4.78, 5) is 25.0. The number of aromatic amines is 1. The summed E-state index contributed by atoms with van der Waals surface area (Å²) in [5, 5.41) is 19.5. The molecule has 3 N–H and O–H groups in total. The number of hydrogen-bond acceptors (Lipinski definition) is 5. The second-order valence-corrected chi connectivity index (χ2v) is 4.55. The lowest BCUT2D eigenvalue weighted by molar-refractivity contribution is -0.194. The minimum Gasteiger partial charge on any atom is -0.363 e. The topological polar surface area (TPSA) is 105 Å². The van der Waals surface area contributed by atoms with Crippen LogP contribution in [0.25, 0.3) is 0 Å². The molecule has 1 aliphatic heterocycles. The molecule has 1 fully saturated rings. The molecule has 1 aromatic rings. The molecule has 0 radical (unpaired) electrons. The molecule has 0 bridgehead atoms. The number of aromatic nitrogens is 2. The minimum absolute atomic E-state index is 0.114. The summed E-state index contributed by atoms with van der Waals surface area (Å²) >= 11 is 0. The van der Waals surface area contributed by atoms with Crippen molar-refractivity contribution in [3.63, 3.8) is 0 Å². The molecule has 0 spiro atoms. The molecule has 2 rings (SSSR count). The zero-order valence-electron chi connectivity index (χ0n) is 10.2. The van der Waals surface area contributed by atoms with E-state index < -0.39 is 29.4 Å². The van der Waals surface area contributed by atoms with E-state index in [0.29, 0.717) is 12.0 Å². The molecule has 7 heteroatoms. The largest absolute Gasteiger partial charge is 0.363 e. The average molecular weight is 256 g/mol. The number of nitrogens with zero attached hydrogens (tertiary/aromatic N) is 1. The third-order valence-electron chi connectivity index (χ3n) is 3.14. The Bertz CT molecular complexity index is 559. The maximum absolute atomic E-state index is 11.6. The number of nitrogens with one attached hydrogen (secondary N) is 1. The standard InChI is InChI=1S/C11H16N2O5/c1-3-7-11(16,17)4-8(18-7)13-5-6(2)9(14)12-10(13)15/h5,7-8,16-17H,3-4H2,1-2H3,(H,12,14,15). The molecule has 0 aliphatic carbocycles. The summed E-state index contributed by atoms with van der Waals surface area (Å²) in [5.41, 5.74) is -0.719. The molecule has 1 aromatic heterocycles. The van der Waals surface area contributed by atoms with Crippen molar-refractivity contribution in [2.45, 2.75) is 44.8 Å². The smallest absolute Gasteiger partial charge is 0.330 e. The quantitative estimate of drug-likeness (QED) is 0.602. The predicted molar refractivity (Wildman–Crippen MR) is 62.0 cm³/mol. The van der Waals surface area contributed by atoms with E-state index >= 15 is 0 Å². The fourth-order valence-corrected chi connectivity index (χ4v) is 2.12. The van der Waals surface area contributed by atoms with Crippen LogP contribution in [0, 0.1) is 6.92 Å². The molecular formula is C11H16N2O5. The summed E-state index contributed by atoms with van der Waals surface area (Å²) in [7, 11) is 0. The first kappa shape index (κ1) is 13.0. The van der Waals surface area contributed by atoms with Crippen LogP contribution in [0.4, 0.5) is 0 Å². The Morgan fingerprint density at radius 3 is 2.78 bits per heavy atom. The SMILES string of the molecule is CCC1OC(n2cc(C)c(=O)[nH]c2=O)CC1(O)O. The Balaban J connectivity index is 2.38. The van der Waals surface area contributed by atoms with Gasteiger partial charge in [-0.25, -0.2) is 4.79 Å². The van der Waals surface area contributed by atoms with Crippen LogP contribution < -0.4 is 11.2 Å². The van der Waals surface area contributed by atoms with Crippen LogP contribution in [-0.2, 0) is 4.74 Å². The number of hydrogen-bond donors (Lipinski definition) is 3. The Hall–Kier alpha value is -1.44. The van der Waals surface area contributed by atoms with Crippen molar-refractivity contribution in [3.8, 4) is 0 Å². The van der Waals surface area contributed by atoms with Crippen LogP contribution in [0.5, 0.6) is 0 Å². The molecule has 2 unspecified atom stereocenters. The van der Waals surface area contributed by atoms with E-state index in [9.17, 15) is 19.8 Å². The van der Waals surface area contributed by atoms with Gasteiger partial charge in [-0.3, -0.25) is 14.3 Å². The van der Waals surface area contributed by atoms with Gasteiger partial charge in [0.05, 0.1) is 0 Å². The van der Waals surface area contributed by atoms with Gasteiger partial charge in [0.1, 0.15) is 12.3 Å². The zero-order valence-corrected chi connectivity index (χ0v) is 10.2.